The molecule has 33 heavy (non-hydrogen) atoms. The van der Waals surface area contributed by atoms with Crippen molar-refractivity contribution in [2.45, 2.75) is 31.8 Å². The number of nitrogen functional groups attached to an aromatic ring is 1. The van der Waals surface area contributed by atoms with Gasteiger partial charge in [0.05, 0.1) is 6.61 Å². The fourth-order valence-electron chi connectivity index (χ4n) is 2.53. The molecule has 0 radical (unpaired) electrons. The minimum Gasteiger partial charge on any atom is -0.857 e. The first-order chi connectivity index (χ1) is 14.9. The van der Waals surface area contributed by atoms with E-state index in [1.165, 1.54) is 5.38 Å². The topological polar surface area (TPSA) is 226 Å². The van der Waals surface area contributed by atoms with Crippen molar-refractivity contribution in [3.8, 4) is 0 Å². The summed E-state index contributed by atoms with van der Waals surface area (Å²) in [6, 6.07) is -3.28. The second-order valence-corrected chi connectivity index (χ2v) is 9.85. The Morgan fingerprint density at radius 2 is 2.09 bits per heavy atom. The summed E-state index contributed by atoms with van der Waals surface area (Å²) in [5, 5.41) is 17.5. The van der Waals surface area contributed by atoms with E-state index in [0.29, 0.717) is 12.8 Å². The van der Waals surface area contributed by atoms with E-state index in [1.54, 1.807) is 0 Å². The van der Waals surface area contributed by atoms with Crippen LogP contribution in [-0.2, 0) is 34.4 Å². The molecule has 2 atom stereocenters. The first-order valence-electron chi connectivity index (χ1n) is 8.93. The molecule has 15 nitrogen and oxygen atoms in total. The number of carbonyl (C=O) groups is 1. The van der Waals surface area contributed by atoms with Crippen molar-refractivity contribution >= 4 is 54.6 Å². The molecule has 4 N–H and O–H groups in total. The predicted octanol–water partition coefficient (Wildman–Crippen LogP) is -5.13. The molecular weight excluding hydrogens is 515 g/mol. The van der Waals surface area contributed by atoms with E-state index in [2.05, 4.69) is 24.7 Å². The maximum atomic E-state index is 12.6. The Morgan fingerprint density at radius 1 is 1.42 bits per heavy atom. The number of nitrogens with one attached hydrogen (secondary N) is 1. The van der Waals surface area contributed by atoms with Gasteiger partial charge >= 0.3 is 50.2 Å². The third-order valence-corrected chi connectivity index (χ3v) is 6.62. The Balaban J connectivity index is 0.00000544. The van der Waals surface area contributed by atoms with E-state index in [1.807, 2.05) is 6.92 Å². The van der Waals surface area contributed by atoms with Crippen LogP contribution in [0.4, 0.5) is 5.13 Å². The first kappa shape index (κ1) is 29.7. The van der Waals surface area contributed by atoms with Gasteiger partial charge in [-0.1, -0.05) is 18.5 Å². The number of nitrogens with two attached hydrogens (primary N) is 1. The summed E-state index contributed by atoms with van der Waals surface area (Å²) in [6.07, 6.45) is 1.23. The minimum atomic E-state index is -5.07. The number of carbonyl (C=O) groups excluding carboxylic acids is 1. The SMILES string of the molecule is CCCCNS(=O)(=O)OC[C@@H]1[C@H](N=C([O-])/C(=N\OC)c2csc(N)n2)C(=O)N1S(=O)(=O)O.[Na+]. The number of nitrogens with zero attached hydrogens (tertiary/aromatic N) is 4. The molecule has 0 spiro atoms. The second-order valence-electron chi connectivity index (χ2n) is 6.24. The summed E-state index contributed by atoms with van der Waals surface area (Å²) in [4.78, 5) is 24.3. The zero-order valence-corrected chi connectivity index (χ0v) is 22.3. The van der Waals surface area contributed by atoms with Gasteiger partial charge in [-0.15, -0.1) is 11.3 Å². The second kappa shape index (κ2) is 12.4. The normalized spacial score (nSPS) is 19.7. The number of aromatic nitrogens is 1. The van der Waals surface area contributed by atoms with Crippen LogP contribution >= 0.6 is 11.3 Å². The van der Waals surface area contributed by atoms with E-state index in [9.17, 15) is 31.3 Å². The Morgan fingerprint density at radius 3 is 2.61 bits per heavy atom. The van der Waals surface area contributed by atoms with Crippen LogP contribution in [0.15, 0.2) is 15.5 Å². The fraction of sp³-hybridized carbons (Fsp3) is 0.571. The molecule has 0 unspecified atom stereocenters. The van der Waals surface area contributed by atoms with E-state index < -0.39 is 56.8 Å². The number of oxime groups is 1. The summed E-state index contributed by atoms with van der Waals surface area (Å²) in [5.41, 5.74) is 5.09. The van der Waals surface area contributed by atoms with Gasteiger partial charge in [-0.25, -0.2) is 9.29 Å². The van der Waals surface area contributed by atoms with Crippen molar-refractivity contribution < 1.29 is 69.9 Å². The molecule has 1 amide bonds. The monoisotopic (exact) mass is 536 g/mol. The van der Waals surface area contributed by atoms with Crippen molar-refractivity contribution in [1.29, 1.82) is 0 Å². The minimum absolute atomic E-state index is 0. The molecule has 180 valence electrons. The molecule has 0 aromatic carbocycles. The predicted molar refractivity (Wildman–Crippen MR) is 111 cm³/mol. The molecule has 1 aromatic rings. The number of β-lactam (4-membered cyclic amide) rings is 1. The van der Waals surface area contributed by atoms with Gasteiger partial charge in [-0.2, -0.15) is 21.6 Å². The zero-order valence-electron chi connectivity index (χ0n) is 17.9. The molecule has 1 aromatic heterocycles. The average molecular weight is 537 g/mol. The number of hydrogen-bond acceptors (Lipinski definition) is 13. The Kier molecular flexibility index (Phi) is 11.1. The number of anilines is 1. The van der Waals surface area contributed by atoms with Crippen molar-refractivity contribution in [1.82, 2.24) is 14.0 Å². The van der Waals surface area contributed by atoms with Crippen LogP contribution in [0, 0.1) is 0 Å². The molecule has 2 heterocycles. The van der Waals surface area contributed by atoms with Crippen LogP contribution in [-0.4, -0.2) is 80.5 Å². The molecule has 0 bridgehead atoms. The Labute approximate surface area is 216 Å². The van der Waals surface area contributed by atoms with Crippen LogP contribution in [0.25, 0.3) is 0 Å². The fourth-order valence-corrected chi connectivity index (χ4v) is 4.73. The van der Waals surface area contributed by atoms with Crippen LogP contribution in [0.1, 0.15) is 25.5 Å². The molecule has 2 rings (SSSR count). The number of aliphatic imine (C=N–C) groups is 1. The molecule has 0 saturated carbocycles. The van der Waals surface area contributed by atoms with Gasteiger partial charge < -0.3 is 15.7 Å². The van der Waals surface area contributed by atoms with Gasteiger partial charge in [0.25, 0.3) is 5.91 Å². The third-order valence-electron chi connectivity index (χ3n) is 3.99. The number of hydrogen-bond donors (Lipinski definition) is 3. The molecule has 1 aliphatic heterocycles. The molecular formula is C14H21N6NaO9S3. The van der Waals surface area contributed by atoms with Gasteiger partial charge in [0, 0.05) is 17.8 Å². The Bertz CT molecular complexity index is 1110. The van der Waals surface area contributed by atoms with Gasteiger partial charge in [-0.05, 0) is 6.42 Å². The molecule has 0 aliphatic carbocycles. The maximum absolute atomic E-state index is 12.6. The van der Waals surface area contributed by atoms with Crippen molar-refractivity contribution in [3.63, 3.8) is 0 Å². The molecule has 19 heteroatoms. The number of thiazole rings is 1. The summed E-state index contributed by atoms with van der Waals surface area (Å²) in [7, 11) is -8.21. The number of amides is 1. The number of unbranched alkanes of at least 4 members (excludes halogenated alkanes) is 1. The summed E-state index contributed by atoms with van der Waals surface area (Å²) >= 11 is 0.994. The Hall–Kier alpha value is -1.38. The smallest absolute Gasteiger partial charge is 0.857 e. The van der Waals surface area contributed by atoms with Gasteiger partial charge in [0.15, 0.2) is 11.2 Å². The summed E-state index contributed by atoms with van der Waals surface area (Å²) in [5.74, 6) is -2.38. The van der Waals surface area contributed by atoms with Crippen LogP contribution in [0.3, 0.4) is 0 Å². The zero-order chi connectivity index (χ0) is 24.1. The quantitative estimate of drug-likeness (QED) is 0.0435. The van der Waals surface area contributed by atoms with E-state index in [0.717, 1.165) is 18.4 Å². The van der Waals surface area contributed by atoms with Crippen LogP contribution < -0.4 is 45.1 Å². The molecule has 1 fully saturated rings. The maximum Gasteiger partial charge on any atom is 1.00 e. The van der Waals surface area contributed by atoms with Crippen molar-refractivity contribution in [2.75, 3.05) is 26.0 Å². The van der Waals surface area contributed by atoms with Crippen molar-refractivity contribution in [2.24, 2.45) is 10.1 Å². The third kappa shape index (κ3) is 7.82. The summed E-state index contributed by atoms with van der Waals surface area (Å²) < 4.78 is 62.9. The van der Waals surface area contributed by atoms with E-state index in [-0.39, 0.29) is 51.2 Å². The van der Waals surface area contributed by atoms with Crippen molar-refractivity contribution in [3.05, 3.63) is 11.1 Å². The number of rotatable bonds is 12. The first-order valence-corrected chi connectivity index (χ1v) is 12.6. The largest absolute Gasteiger partial charge is 1.00 e. The van der Waals surface area contributed by atoms with Crippen LogP contribution in [0.5, 0.6) is 0 Å². The van der Waals surface area contributed by atoms with Crippen LogP contribution in [0.2, 0.25) is 0 Å². The average Bonchev–Trinajstić information content (AvgIpc) is 3.11. The standard InChI is InChI=1S/C14H22N6O9S3.Na/c1-3-4-5-16-31(23,24)29-6-9-11(13(22)20(9)32(25,26)27)18-12(21)10(19-28-2)8-7-30-14(15)17-8;/h7,9,11,16H,3-6H2,1-2H3,(H2,15,17)(H,18,21)(H,25,26,27);/q;+1/p-1/b19-10-;/t9-,11+;/m1./s1. The molecule has 1 saturated heterocycles. The van der Waals surface area contributed by atoms with Gasteiger partial charge in [0.1, 0.15) is 24.6 Å². The summed E-state index contributed by atoms with van der Waals surface area (Å²) in [6.45, 7) is 1.02. The van der Waals surface area contributed by atoms with Gasteiger partial charge in [0.2, 0.25) is 0 Å². The van der Waals surface area contributed by atoms with E-state index >= 15 is 0 Å². The van der Waals surface area contributed by atoms with E-state index in [4.69, 9.17) is 9.92 Å². The van der Waals surface area contributed by atoms with Gasteiger partial charge in [-0.3, -0.25) is 18.5 Å². The molecule has 1 aliphatic rings.